The SMILES string of the molecule is CCc1nn(CC)c(CCC(C)CNC(C)(C)C)c1Cl. The Labute approximate surface area is 129 Å². The molecular weight excluding hydrogens is 270 g/mol. The molecule has 1 aromatic rings. The molecule has 0 amide bonds. The first-order valence-electron chi connectivity index (χ1n) is 7.77. The zero-order valence-corrected chi connectivity index (χ0v) is 14.6. The van der Waals surface area contributed by atoms with Gasteiger partial charge in [0.05, 0.1) is 16.4 Å². The van der Waals surface area contributed by atoms with Crippen LogP contribution in [0.25, 0.3) is 0 Å². The van der Waals surface area contributed by atoms with Crippen LogP contribution in [0.15, 0.2) is 0 Å². The zero-order chi connectivity index (χ0) is 15.3. The van der Waals surface area contributed by atoms with Gasteiger partial charge < -0.3 is 5.32 Å². The second-order valence-electron chi connectivity index (χ2n) is 6.65. The van der Waals surface area contributed by atoms with E-state index in [9.17, 15) is 0 Å². The summed E-state index contributed by atoms with van der Waals surface area (Å²) in [6, 6.07) is 0. The van der Waals surface area contributed by atoms with Crippen molar-refractivity contribution in [3.63, 3.8) is 0 Å². The molecule has 4 heteroatoms. The highest BCUT2D eigenvalue weighted by Crippen LogP contribution is 2.24. The lowest BCUT2D eigenvalue weighted by Gasteiger charge is -2.23. The lowest BCUT2D eigenvalue weighted by molar-refractivity contribution is 0.371. The Morgan fingerprint density at radius 1 is 1.30 bits per heavy atom. The highest BCUT2D eigenvalue weighted by Gasteiger charge is 2.16. The van der Waals surface area contributed by atoms with Gasteiger partial charge >= 0.3 is 0 Å². The normalized spacial score (nSPS) is 13.8. The third-order valence-corrected chi connectivity index (χ3v) is 3.99. The second kappa shape index (κ2) is 7.46. The van der Waals surface area contributed by atoms with E-state index in [4.69, 9.17) is 11.6 Å². The number of nitrogens with zero attached hydrogens (tertiary/aromatic N) is 2. The third kappa shape index (κ3) is 5.10. The summed E-state index contributed by atoms with van der Waals surface area (Å²) in [5, 5.41) is 9.02. The molecule has 0 saturated heterocycles. The summed E-state index contributed by atoms with van der Waals surface area (Å²) < 4.78 is 2.06. The van der Waals surface area contributed by atoms with Crippen LogP contribution in [0.2, 0.25) is 5.02 Å². The molecule has 1 unspecified atom stereocenters. The van der Waals surface area contributed by atoms with Gasteiger partial charge in [-0.05, 0) is 59.4 Å². The third-order valence-electron chi connectivity index (χ3n) is 3.55. The van der Waals surface area contributed by atoms with Gasteiger partial charge in [-0.3, -0.25) is 4.68 Å². The predicted molar refractivity (Wildman–Crippen MR) is 87.5 cm³/mol. The molecule has 1 atom stereocenters. The first kappa shape index (κ1) is 17.5. The van der Waals surface area contributed by atoms with E-state index < -0.39 is 0 Å². The molecule has 3 nitrogen and oxygen atoms in total. The summed E-state index contributed by atoms with van der Waals surface area (Å²) in [6.07, 6.45) is 3.05. The smallest absolute Gasteiger partial charge is 0.0849 e. The first-order valence-corrected chi connectivity index (χ1v) is 8.15. The number of aromatic nitrogens is 2. The fourth-order valence-corrected chi connectivity index (χ4v) is 2.59. The molecule has 20 heavy (non-hydrogen) atoms. The van der Waals surface area contributed by atoms with Crippen molar-refractivity contribution in [1.29, 1.82) is 0 Å². The molecule has 1 heterocycles. The van der Waals surface area contributed by atoms with Gasteiger partial charge in [0.25, 0.3) is 0 Å². The minimum absolute atomic E-state index is 0.187. The van der Waals surface area contributed by atoms with Crippen molar-refractivity contribution in [2.45, 2.75) is 72.9 Å². The Morgan fingerprint density at radius 3 is 2.45 bits per heavy atom. The van der Waals surface area contributed by atoms with E-state index in [1.54, 1.807) is 0 Å². The van der Waals surface area contributed by atoms with Gasteiger partial charge in [-0.25, -0.2) is 0 Å². The molecule has 1 rings (SSSR count). The van der Waals surface area contributed by atoms with Crippen LogP contribution in [0.5, 0.6) is 0 Å². The molecule has 1 aromatic heterocycles. The van der Waals surface area contributed by atoms with E-state index in [2.05, 4.69) is 56.6 Å². The van der Waals surface area contributed by atoms with Crippen LogP contribution in [0.1, 0.15) is 59.4 Å². The number of hydrogen-bond donors (Lipinski definition) is 1. The number of nitrogens with one attached hydrogen (secondary N) is 1. The zero-order valence-electron chi connectivity index (χ0n) is 13.9. The molecule has 1 N–H and O–H groups in total. The Morgan fingerprint density at radius 2 is 1.95 bits per heavy atom. The Hall–Kier alpha value is -0.540. The second-order valence-corrected chi connectivity index (χ2v) is 7.03. The summed E-state index contributed by atoms with van der Waals surface area (Å²) >= 11 is 6.44. The maximum absolute atomic E-state index is 6.44. The lowest BCUT2D eigenvalue weighted by atomic mass is 10.0. The quantitative estimate of drug-likeness (QED) is 0.822. The van der Waals surface area contributed by atoms with Crippen molar-refractivity contribution in [2.24, 2.45) is 5.92 Å². The number of aryl methyl sites for hydroxylation is 2. The van der Waals surface area contributed by atoms with Crippen LogP contribution in [0, 0.1) is 5.92 Å². The number of rotatable bonds is 7. The van der Waals surface area contributed by atoms with Crippen molar-refractivity contribution in [2.75, 3.05) is 6.54 Å². The summed E-state index contributed by atoms with van der Waals surface area (Å²) in [7, 11) is 0. The predicted octanol–water partition coefficient (Wildman–Crippen LogP) is 4.08. The summed E-state index contributed by atoms with van der Waals surface area (Å²) in [4.78, 5) is 0. The van der Waals surface area contributed by atoms with Crippen molar-refractivity contribution in [1.82, 2.24) is 15.1 Å². The van der Waals surface area contributed by atoms with E-state index in [-0.39, 0.29) is 5.54 Å². The van der Waals surface area contributed by atoms with Crippen LogP contribution >= 0.6 is 11.6 Å². The van der Waals surface area contributed by atoms with Crippen LogP contribution in [0.3, 0.4) is 0 Å². The van der Waals surface area contributed by atoms with E-state index in [0.717, 1.165) is 43.1 Å². The summed E-state index contributed by atoms with van der Waals surface area (Å²) in [6.45, 7) is 15.1. The average Bonchev–Trinajstić information content (AvgIpc) is 2.69. The fraction of sp³-hybridized carbons (Fsp3) is 0.812. The fourth-order valence-electron chi connectivity index (χ4n) is 2.22. The first-order chi connectivity index (χ1) is 9.28. The van der Waals surface area contributed by atoms with Gasteiger partial charge in [0.2, 0.25) is 0 Å². The monoisotopic (exact) mass is 299 g/mol. The molecule has 116 valence electrons. The van der Waals surface area contributed by atoms with Crippen LogP contribution in [0.4, 0.5) is 0 Å². The standard InChI is InChI=1S/C16H30ClN3/c1-7-13-15(17)14(20(8-2)19-13)10-9-12(3)11-18-16(4,5)6/h12,18H,7-11H2,1-6H3. The number of hydrogen-bond acceptors (Lipinski definition) is 2. The average molecular weight is 300 g/mol. The molecule has 0 spiro atoms. The van der Waals surface area contributed by atoms with Gasteiger partial charge in [0, 0.05) is 12.1 Å². The maximum Gasteiger partial charge on any atom is 0.0849 e. The van der Waals surface area contributed by atoms with Crippen LogP contribution < -0.4 is 5.32 Å². The molecule has 0 radical (unpaired) electrons. The highest BCUT2D eigenvalue weighted by atomic mass is 35.5. The minimum atomic E-state index is 0.187. The van der Waals surface area contributed by atoms with Crippen molar-refractivity contribution in [3.05, 3.63) is 16.4 Å². The molecule has 0 aliphatic heterocycles. The van der Waals surface area contributed by atoms with E-state index in [1.807, 2.05) is 0 Å². The molecule has 0 aliphatic rings. The summed E-state index contributed by atoms with van der Waals surface area (Å²) in [5.41, 5.74) is 2.42. The van der Waals surface area contributed by atoms with Gasteiger partial charge in [-0.2, -0.15) is 5.10 Å². The van der Waals surface area contributed by atoms with Gasteiger partial charge in [-0.1, -0.05) is 25.4 Å². The topological polar surface area (TPSA) is 29.9 Å². The van der Waals surface area contributed by atoms with E-state index >= 15 is 0 Å². The lowest BCUT2D eigenvalue weighted by Crippen LogP contribution is -2.38. The summed E-state index contributed by atoms with van der Waals surface area (Å²) in [5.74, 6) is 0.635. The van der Waals surface area contributed by atoms with E-state index in [0.29, 0.717) is 5.92 Å². The largest absolute Gasteiger partial charge is 0.312 e. The molecule has 0 aliphatic carbocycles. The minimum Gasteiger partial charge on any atom is -0.312 e. The molecule has 0 saturated carbocycles. The molecular formula is C16H30ClN3. The van der Waals surface area contributed by atoms with Crippen molar-refractivity contribution in [3.8, 4) is 0 Å². The molecule has 0 aromatic carbocycles. The van der Waals surface area contributed by atoms with Gasteiger partial charge in [0.15, 0.2) is 0 Å². The van der Waals surface area contributed by atoms with Crippen molar-refractivity contribution >= 4 is 11.6 Å². The Kier molecular flexibility index (Phi) is 6.53. The maximum atomic E-state index is 6.44. The van der Waals surface area contributed by atoms with Crippen LogP contribution in [-0.2, 0) is 19.4 Å². The van der Waals surface area contributed by atoms with Gasteiger partial charge in [-0.15, -0.1) is 0 Å². The Bertz CT molecular complexity index is 418. The Balaban J connectivity index is 2.59. The van der Waals surface area contributed by atoms with E-state index in [1.165, 1.54) is 5.69 Å². The highest BCUT2D eigenvalue weighted by molar-refractivity contribution is 6.31. The van der Waals surface area contributed by atoms with Crippen molar-refractivity contribution < 1.29 is 0 Å². The van der Waals surface area contributed by atoms with Crippen LogP contribution in [-0.4, -0.2) is 21.9 Å². The number of halogens is 1. The molecule has 0 bridgehead atoms. The van der Waals surface area contributed by atoms with Gasteiger partial charge in [0.1, 0.15) is 0 Å². The molecule has 0 fully saturated rings.